The van der Waals surface area contributed by atoms with Gasteiger partial charge in [-0.3, -0.25) is 4.52 Å². The van der Waals surface area contributed by atoms with Crippen molar-refractivity contribution in [2.75, 3.05) is 18.6 Å². The summed E-state index contributed by atoms with van der Waals surface area (Å²) in [6.45, 7) is 3.45. The van der Waals surface area contributed by atoms with Crippen LogP contribution in [0.25, 0.3) is 11.2 Å². The molecule has 5 atom stereocenters. The molecule has 4 rings (SSSR count). The van der Waals surface area contributed by atoms with Crippen molar-refractivity contribution in [1.82, 2.24) is 19.5 Å². The SMILES string of the molecule is C=C1[C@@H]2[C@@H](n3cnc4c(N)nc(SC)nc43)[C@H](O)[C@H](O)[C@]12COP(=O)(O)O. The van der Waals surface area contributed by atoms with Gasteiger partial charge in [-0.25, -0.2) is 19.5 Å². The van der Waals surface area contributed by atoms with Crippen molar-refractivity contribution < 1.29 is 29.1 Å². The van der Waals surface area contributed by atoms with E-state index in [1.165, 1.54) is 18.1 Å². The van der Waals surface area contributed by atoms with Crippen LogP contribution in [0.3, 0.4) is 0 Å². The van der Waals surface area contributed by atoms with E-state index in [-0.39, 0.29) is 5.82 Å². The Hall–Kier alpha value is -1.53. The average molecular weight is 415 g/mol. The molecule has 2 saturated carbocycles. The summed E-state index contributed by atoms with van der Waals surface area (Å²) in [5.74, 6) is -0.262. The van der Waals surface area contributed by atoms with E-state index in [4.69, 9.17) is 15.5 Å². The Kier molecular flexibility index (Phi) is 4.17. The molecular weight excluding hydrogens is 397 g/mol. The zero-order valence-electron chi connectivity index (χ0n) is 14.1. The van der Waals surface area contributed by atoms with E-state index in [0.29, 0.717) is 21.9 Å². The molecule has 27 heavy (non-hydrogen) atoms. The minimum atomic E-state index is -4.74. The fourth-order valence-corrected chi connectivity index (χ4v) is 4.82. The molecule has 0 bridgehead atoms. The number of rotatable bonds is 5. The quantitative estimate of drug-likeness (QED) is 0.187. The van der Waals surface area contributed by atoms with Crippen molar-refractivity contribution in [3.63, 3.8) is 0 Å². The fraction of sp³-hybridized carbons (Fsp3) is 0.500. The highest BCUT2D eigenvalue weighted by molar-refractivity contribution is 7.98. The molecule has 0 amide bonds. The van der Waals surface area contributed by atoms with E-state index in [9.17, 15) is 14.8 Å². The number of nitrogens with two attached hydrogens (primary N) is 1. The standard InChI is InChI=1S/C14H18N5O6PS/c1-5-6-8(9(20)10(21)14(5,6)3-25-26(22,23)24)19-4-16-7-11(15)17-13(27-2)18-12(7)19/h4,6,8-10,20-21H,1,3H2,2H3,(H2,15,17,18)(H2,22,23,24)/t6-,8-,9+,10+,14-/m1/s1. The van der Waals surface area contributed by atoms with Gasteiger partial charge < -0.3 is 30.3 Å². The molecule has 0 aromatic carbocycles. The Morgan fingerprint density at radius 2 is 2.15 bits per heavy atom. The molecule has 13 heteroatoms. The Morgan fingerprint density at radius 1 is 1.44 bits per heavy atom. The van der Waals surface area contributed by atoms with Gasteiger partial charge in [0, 0.05) is 5.92 Å². The molecule has 0 unspecified atom stereocenters. The molecule has 2 fully saturated rings. The first-order valence-electron chi connectivity index (χ1n) is 7.91. The number of fused-ring (bicyclic) bond motifs is 2. The summed E-state index contributed by atoms with van der Waals surface area (Å²) in [5.41, 5.74) is 6.10. The minimum absolute atomic E-state index is 0.196. The Bertz CT molecular complexity index is 994. The zero-order valence-corrected chi connectivity index (χ0v) is 15.8. The third-order valence-electron chi connectivity index (χ3n) is 5.39. The molecule has 6 N–H and O–H groups in total. The average Bonchev–Trinajstić information content (AvgIpc) is 2.89. The van der Waals surface area contributed by atoms with E-state index in [1.54, 1.807) is 10.8 Å². The lowest BCUT2D eigenvalue weighted by molar-refractivity contribution is -0.0216. The van der Waals surface area contributed by atoms with E-state index in [1.807, 2.05) is 0 Å². The minimum Gasteiger partial charge on any atom is -0.389 e. The van der Waals surface area contributed by atoms with Gasteiger partial charge in [0.05, 0.1) is 30.5 Å². The lowest BCUT2D eigenvalue weighted by Gasteiger charge is -2.24. The van der Waals surface area contributed by atoms with Gasteiger partial charge in [0.2, 0.25) is 0 Å². The third-order valence-corrected chi connectivity index (χ3v) is 6.40. The number of phosphoric ester groups is 1. The second-order valence-electron chi connectivity index (χ2n) is 6.65. The summed E-state index contributed by atoms with van der Waals surface area (Å²) < 4.78 is 17.3. The van der Waals surface area contributed by atoms with Crippen molar-refractivity contribution in [3.05, 3.63) is 18.5 Å². The van der Waals surface area contributed by atoms with Crippen molar-refractivity contribution in [1.29, 1.82) is 0 Å². The number of aromatic nitrogens is 4. The van der Waals surface area contributed by atoms with Crippen LogP contribution in [0.5, 0.6) is 0 Å². The maximum atomic E-state index is 11.1. The Labute approximate surface area is 157 Å². The van der Waals surface area contributed by atoms with Crippen LogP contribution in [0.2, 0.25) is 0 Å². The van der Waals surface area contributed by atoms with E-state index >= 15 is 0 Å². The molecule has 146 valence electrons. The summed E-state index contributed by atoms with van der Waals surface area (Å²) >= 11 is 1.30. The molecular formula is C14H18N5O6PS. The molecule has 2 aliphatic rings. The Morgan fingerprint density at radius 3 is 2.78 bits per heavy atom. The second kappa shape index (κ2) is 5.98. The Balaban J connectivity index is 1.76. The number of hydrogen-bond acceptors (Lipinski definition) is 9. The number of anilines is 1. The summed E-state index contributed by atoms with van der Waals surface area (Å²) in [7, 11) is -4.74. The van der Waals surface area contributed by atoms with Crippen LogP contribution in [0.1, 0.15) is 6.04 Å². The maximum absolute atomic E-state index is 11.1. The summed E-state index contributed by atoms with van der Waals surface area (Å²) in [6.07, 6.45) is 0.713. The van der Waals surface area contributed by atoms with Gasteiger partial charge in [0.25, 0.3) is 0 Å². The number of hydrogen-bond donors (Lipinski definition) is 5. The highest BCUT2D eigenvalue weighted by atomic mass is 32.2. The summed E-state index contributed by atoms with van der Waals surface area (Å²) in [5, 5.41) is 21.6. The number of phosphoric acid groups is 1. The number of nitrogen functional groups attached to an aromatic ring is 1. The first-order chi connectivity index (χ1) is 12.6. The number of aliphatic hydroxyl groups excluding tert-OH is 2. The molecule has 2 heterocycles. The van der Waals surface area contributed by atoms with E-state index < -0.39 is 44.0 Å². The largest absolute Gasteiger partial charge is 0.469 e. The predicted molar refractivity (Wildman–Crippen MR) is 95.6 cm³/mol. The van der Waals surface area contributed by atoms with Gasteiger partial charge in [0.15, 0.2) is 16.6 Å². The molecule has 0 spiro atoms. The molecule has 0 radical (unpaired) electrons. The summed E-state index contributed by atoms with van der Waals surface area (Å²) in [4.78, 5) is 30.7. The van der Waals surface area contributed by atoms with Gasteiger partial charge >= 0.3 is 7.82 Å². The van der Waals surface area contributed by atoms with Crippen LogP contribution in [0.4, 0.5) is 5.82 Å². The van der Waals surface area contributed by atoms with Crippen LogP contribution in [-0.4, -0.2) is 64.6 Å². The first kappa shape index (κ1) is 18.8. The molecule has 0 aliphatic heterocycles. The maximum Gasteiger partial charge on any atom is 0.469 e. The third kappa shape index (κ3) is 2.64. The fourth-order valence-electron chi connectivity index (χ4n) is 4.07. The number of thioether (sulfide) groups is 1. The molecule has 2 aromatic heterocycles. The second-order valence-corrected chi connectivity index (χ2v) is 8.67. The van der Waals surface area contributed by atoms with Gasteiger partial charge in [-0.2, -0.15) is 0 Å². The van der Waals surface area contributed by atoms with Gasteiger partial charge in [-0.15, -0.1) is 0 Å². The summed E-state index contributed by atoms with van der Waals surface area (Å²) in [6, 6.07) is -0.679. The van der Waals surface area contributed by atoms with E-state index in [0.717, 1.165) is 0 Å². The lowest BCUT2D eigenvalue weighted by Crippen LogP contribution is -2.36. The van der Waals surface area contributed by atoms with Gasteiger partial charge in [0.1, 0.15) is 11.6 Å². The van der Waals surface area contributed by atoms with Gasteiger partial charge in [-0.1, -0.05) is 23.9 Å². The normalized spacial score (nSPS) is 32.9. The highest BCUT2D eigenvalue weighted by Gasteiger charge is 2.75. The zero-order chi connectivity index (χ0) is 19.7. The van der Waals surface area contributed by atoms with Crippen molar-refractivity contribution in [2.24, 2.45) is 11.3 Å². The molecule has 2 aromatic rings. The van der Waals surface area contributed by atoms with Crippen LogP contribution in [0, 0.1) is 11.3 Å². The first-order valence-corrected chi connectivity index (χ1v) is 10.7. The van der Waals surface area contributed by atoms with Crippen molar-refractivity contribution in [2.45, 2.75) is 23.4 Å². The number of nitrogens with zero attached hydrogens (tertiary/aromatic N) is 4. The van der Waals surface area contributed by atoms with Crippen LogP contribution >= 0.6 is 19.6 Å². The van der Waals surface area contributed by atoms with Crippen LogP contribution in [0.15, 0.2) is 23.6 Å². The topological polar surface area (TPSA) is 177 Å². The molecule has 11 nitrogen and oxygen atoms in total. The number of aliphatic hydroxyl groups is 2. The molecule has 0 saturated heterocycles. The predicted octanol–water partition coefficient (Wildman–Crippen LogP) is -0.311. The number of imidazole rings is 1. The van der Waals surface area contributed by atoms with Gasteiger partial charge in [-0.05, 0) is 6.26 Å². The van der Waals surface area contributed by atoms with Crippen molar-refractivity contribution in [3.8, 4) is 0 Å². The molecule has 2 aliphatic carbocycles. The smallest absolute Gasteiger partial charge is 0.389 e. The van der Waals surface area contributed by atoms with E-state index in [2.05, 4.69) is 26.1 Å². The lowest BCUT2D eigenvalue weighted by atomic mass is 9.99. The monoisotopic (exact) mass is 415 g/mol. The van der Waals surface area contributed by atoms with Crippen molar-refractivity contribution >= 4 is 36.6 Å². The van der Waals surface area contributed by atoms with Crippen LogP contribution in [-0.2, 0) is 9.09 Å². The van der Waals surface area contributed by atoms with Crippen LogP contribution < -0.4 is 5.73 Å². The highest BCUT2D eigenvalue weighted by Crippen LogP contribution is 2.71.